The van der Waals surface area contributed by atoms with Crippen LogP contribution in [-0.4, -0.2) is 38.3 Å². The standard InChI is InChI=1S/C10H15N5O3/c1-2-3-7(6-8(16)17)13-10(18)14-9-11-4-5-12-15-9/h4-5,7H,2-3,6H2,1H3,(H,16,17)(H2,11,13,14,15,18). The summed E-state index contributed by atoms with van der Waals surface area (Å²) in [6.45, 7) is 1.92. The van der Waals surface area contributed by atoms with Gasteiger partial charge in [-0.2, -0.15) is 5.10 Å². The molecule has 1 rings (SSSR count). The first-order valence-corrected chi connectivity index (χ1v) is 5.54. The van der Waals surface area contributed by atoms with Gasteiger partial charge in [-0.3, -0.25) is 10.1 Å². The first-order valence-electron chi connectivity index (χ1n) is 5.54. The van der Waals surface area contributed by atoms with Gasteiger partial charge in [0, 0.05) is 6.04 Å². The second kappa shape index (κ2) is 7.15. The Morgan fingerprint density at radius 3 is 2.78 bits per heavy atom. The number of rotatable bonds is 6. The number of urea groups is 1. The number of hydrogen-bond acceptors (Lipinski definition) is 5. The summed E-state index contributed by atoms with van der Waals surface area (Å²) >= 11 is 0. The Kier molecular flexibility index (Phi) is 5.49. The third kappa shape index (κ3) is 5.19. The van der Waals surface area contributed by atoms with Gasteiger partial charge in [0.15, 0.2) is 0 Å². The number of carboxylic acid groups (broad SMARTS) is 1. The van der Waals surface area contributed by atoms with Gasteiger partial charge in [-0.05, 0) is 6.42 Å². The molecule has 8 heteroatoms. The van der Waals surface area contributed by atoms with Crippen molar-refractivity contribution in [3.63, 3.8) is 0 Å². The van der Waals surface area contributed by atoms with Gasteiger partial charge >= 0.3 is 12.0 Å². The highest BCUT2D eigenvalue weighted by atomic mass is 16.4. The summed E-state index contributed by atoms with van der Waals surface area (Å²) in [6.07, 6.45) is 4.03. The van der Waals surface area contributed by atoms with E-state index in [-0.39, 0.29) is 12.4 Å². The minimum Gasteiger partial charge on any atom is -0.481 e. The van der Waals surface area contributed by atoms with Gasteiger partial charge in [0.1, 0.15) is 0 Å². The molecule has 2 amide bonds. The third-order valence-corrected chi connectivity index (χ3v) is 2.10. The number of aliphatic carboxylic acids is 1. The fraction of sp³-hybridized carbons (Fsp3) is 0.500. The monoisotopic (exact) mass is 253 g/mol. The van der Waals surface area contributed by atoms with Crippen LogP contribution in [0, 0.1) is 0 Å². The van der Waals surface area contributed by atoms with Crippen molar-refractivity contribution in [3.05, 3.63) is 12.4 Å². The maximum Gasteiger partial charge on any atom is 0.321 e. The van der Waals surface area contributed by atoms with E-state index in [4.69, 9.17) is 5.11 Å². The molecule has 0 aliphatic rings. The molecule has 0 aromatic carbocycles. The number of hydrogen-bond donors (Lipinski definition) is 3. The van der Waals surface area contributed by atoms with E-state index in [2.05, 4.69) is 25.8 Å². The van der Waals surface area contributed by atoms with Crippen LogP contribution in [0.3, 0.4) is 0 Å². The number of aromatic nitrogens is 3. The molecule has 1 aromatic rings. The van der Waals surface area contributed by atoms with Crippen LogP contribution in [0.2, 0.25) is 0 Å². The maximum absolute atomic E-state index is 11.6. The largest absolute Gasteiger partial charge is 0.481 e. The zero-order chi connectivity index (χ0) is 13.4. The Balaban J connectivity index is 2.48. The summed E-state index contributed by atoms with van der Waals surface area (Å²) in [6, 6.07) is -0.952. The number of carboxylic acids is 1. The Morgan fingerprint density at radius 1 is 1.44 bits per heavy atom. The molecule has 1 unspecified atom stereocenters. The quantitative estimate of drug-likeness (QED) is 0.684. The van der Waals surface area contributed by atoms with E-state index < -0.39 is 18.0 Å². The first-order chi connectivity index (χ1) is 8.61. The Hall–Kier alpha value is -2.25. The summed E-state index contributed by atoms with van der Waals surface area (Å²) in [5.41, 5.74) is 0. The maximum atomic E-state index is 11.6. The molecule has 1 aromatic heterocycles. The van der Waals surface area contributed by atoms with Crippen molar-refractivity contribution in [1.82, 2.24) is 20.5 Å². The molecule has 98 valence electrons. The van der Waals surface area contributed by atoms with Gasteiger partial charge in [0.25, 0.3) is 5.95 Å². The van der Waals surface area contributed by atoms with E-state index in [0.29, 0.717) is 6.42 Å². The van der Waals surface area contributed by atoms with Crippen LogP contribution < -0.4 is 10.6 Å². The molecule has 1 heterocycles. The molecule has 0 aliphatic heterocycles. The van der Waals surface area contributed by atoms with Crippen LogP contribution >= 0.6 is 0 Å². The number of anilines is 1. The number of carbonyl (C=O) groups excluding carboxylic acids is 1. The molecule has 0 aliphatic carbocycles. The lowest BCUT2D eigenvalue weighted by atomic mass is 10.1. The molecule has 0 bridgehead atoms. The first kappa shape index (κ1) is 13.8. The SMILES string of the molecule is CCCC(CC(=O)O)NC(=O)Nc1nccnn1. The zero-order valence-electron chi connectivity index (χ0n) is 9.96. The summed E-state index contributed by atoms with van der Waals surface area (Å²) < 4.78 is 0. The average Bonchev–Trinajstić information content (AvgIpc) is 2.29. The van der Waals surface area contributed by atoms with Crippen molar-refractivity contribution < 1.29 is 14.7 Å². The minimum atomic E-state index is -0.952. The smallest absolute Gasteiger partial charge is 0.321 e. The highest BCUT2D eigenvalue weighted by Crippen LogP contribution is 2.02. The summed E-state index contributed by atoms with van der Waals surface area (Å²) in [4.78, 5) is 25.9. The number of amides is 2. The Labute approximate surface area is 104 Å². The van der Waals surface area contributed by atoms with Crippen LogP contribution in [0.4, 0.5) is 10.7 Å². The lowest BCUT2D eigenvalue weighted by molar-refractivity contribution is -0.137. The van der Waals surface area contributed by atoms with E-state index in [1.165, 1.54) is 12.4 Å². The Bertz CT molecular complexity index is 398. The molecular formula is C10H15N5O3. The van der Waals surface area contributed by atoms with Gasteiger partial charge < -0.3 is 10.4 Å². The molecule has 0 fully saturated rings. The lowest BCUT2D eigenvalue weighted by Gasteiger charge is -2.15. The van der Waals surface area contributed by atoms with Crippen molar-refractivity contribution in [1.29, 1.82) is 0 Å². The molecule has 1 atom stereocenters. The van der Waals surface area contributed by atoms with Gasteiger partial charge in [-0.15, -0.1) is 5.10 Å². The molecule has 3 N–H and O–H groups in total. The number of nitrogens with zero attached hydrogens (tertiary/aromatic N) is 3. The molecule has 0 radical (unpaired) electrons. The zero-order valence-corrected chi connectivity index (χ0v) is 9.96. The van der Waals surface area contributed by atoms with Crippen LogP contribution in [0.15, 0.2) is 12.4 Å². The lowest BCUT2D eigenvalue weighted by Crippen LogP contribution is -2.39. The van der Waals surface area contributed by atoms with Crippen LogP contribution in [0.1, 0.15) is 26.2 Å². The number of carbonyl (C=O) groups is 2. The van der Waals surface area contributed by atoms with E-state index in [9.17, 15) is 9.59 Å². The fourth-order valence-electron chi connectivity index (χ4n) is 1.41. The highest BCUT2D eigenvalue weighted by molar-refractivity contribution is 5.87. The second-order valence-corrected chi connectivity index (χ2v) is 3.65. The van der Waals surface area contributed by atoms with Crippen molar-refractivity contribution in [3.8, 4) is 0 Å². The second-order valence-electron chi connectivity index (χ2n) is 3.65. The van der Waals surface area contributed by atoms with Gasteiger partial charge in [-0.1, -0.05) is 13.3 Å². The number of nitrogens with one attached hydrogen (secondary N) is 2. The van der Waals surface area contributed by atoms with Crippen molar-refractivity contribution in [2.45, 2.75) is 32.2 Å². The van der Waals surface area contributed by atoms with E-state index >= 15 is 0 Å². The average molecular weight is 253 g/mol. The molecular weight excluding hydrogens is 238 g/mol. The predicted molar refractivity (Wildman–Crippen MR) is 62.9 cm³/mol. The van der Waals surface area contributed by atoms with Crippen molar-refractivity contribution >= 4 is 17.9 Å². The third-order valence-electron chi connectivity index (χ3n) is 2.10. The fourth-order valence-corrected chi connectivity index (χ4v) is 1.41. The molecule has 8 nitrogen and oxygen atoms in total. The van der Waals surface area contributed by atoms with Crippen LogP contribution in [0.5, 0.6) is 0 Å². The van der Waals surface area contributed by atoms with Gasteiger partial charge in [-0.25, -0.2) is 9.78 Å². The highest BCUT2D eigenvalue weighted by Gasteiger charge is 2.15. The molecule has 0 spiro atoms. The molecule has 18 heavy (non-hydrogen) atoms. The molecule has 0 saturated carbocycles. The Morgan fingerprint density at radius 2 is 2.22 bits per heavy atom. The van der Waals surface area contributed by atoms with E-state index in [0.717, 1.165) is 6.42 Å². The van der Waals surface area contributed by atoms with Crippen molar-refractivity contribution in [2.75, 3.05) is 5.32 Å². The van der Waals surface area contributed by atoms with Gasteiger partial charge in [0.2, 0.25) is 0 Å². The van der Waals surface area contributed by atoms with E-state index in [1.807, 2.05) is 6.92 Å². The minimum absolute atomic E-state index is 0.0700. The predicted octanol–water partition coefficient (Wildman–Crippen LogP) is 0.636. The van der Waals surface area contributed by atoms with Crippen LogP contribution in [-0.2, 0) is 4.79 Å². The van der Waals surface area contributed by atoms with Crippen LogP contribution in [0.25, 0.3) is 0 Å². The topological polar surface area (TPSA) is 117 Å². The normalized spacial score (nSPS) is 11.6. The van der Waals surface area contributed by atoms with Gasteiger partial charge in [0.05, 0.1) is 18.8 Å². The molecule has 0 saturated heterocycles. The summed E-state index contributed by atoms with van der Waals surface area (Å²) in [5.74, 6) is -0.882. The van der Waals surface area contributed by atoms with E-state index in [1.54, 1.807) is 0 Å². The van der Waals surface area contributed by atoms with Crippen molar-refractivity contribution in [2.24, 2.45) is 0 Å². The summed E-state index contributed by atoms with van der Waals surface area (Å²) in [7, 11) is 0. The summed E-state index contributed by atoms with van der Waals surface area (Å²) in [5, 5.41) is 20.8.